The van der Waals surface area contributed by atoms with E-state index < -0.39 is 0 Å². The van der Waals surface area contributed by atoms with Crippen LogP contribution in [-0.4, -0.2) is 61.5 Å². The highest BCUT2D eigenvalue weighted by molar-refractivity contribution is 5.75. The molecule has 0 aromatic heterocycles. The molecular weight excluding hydrogens is 262 g/mol. The lowest BCUT2D eigenvalue weighted by atomic mass is 9.67. The molecule has 1 aliphatic heterocycles. The van der Waals surface area contributed by atoms with Gasteiger partial charge in [0.1, 0.15) is 0 Å². The van der Waals surface area contributed by atoms with Gasteiger partial charge in [0.15, 0.2) is 0 Å². The van der Waals surface area contributed by atoms with Gasteiger partial charge in [-0.2, -0.15) is 0 Å². The fourth-order valence-electron chi connectivity index (χ4n) is 3.49. The molecule has 4 nitrogen and oxygen atoms in total. The van der Waals surface area contributed by atoms with Crippen molar-refractivity contribution in [3.05, 3.63) is 0 Å². The molecule has 1 aliphatic carbocycles. The van der Waals surface area contributed by atoms with Crippen molar-refractivity contribution < 1.29 is 4.79 Å². The molecule has 0 spiro atoms. The van der Waals surface area contributed by atoms with Gasteiger partial charge in [0, 0.05) is 45.2 Å². The van der Waals surface area contributed by atoms with Gasteiger partial charge in [0.25, 0.3) is 0 Å². The number of piperazine rings is 1. The van der Waals surface area contributed by atoms with Gasteiger partial charge in [-0.3, -0.25) is 9.69 Å². The Morgan fingerprint density at radius 1 is 1.24 bits per heavy atom. The Hall–Kier alpha value is -0.610. The summed E-state index contributed by atoms with van der Waals surface area (Å²) >= 11 is 0. The third-order valence-electron chi connectivity index (χ3n) is 5.78. The zero-order valence-corrected chi connectivity index (χ0v) is 14.2. The van der Waals surface area contributed by atoms with Crippen LogP contribution in [0.3, 0.4) is 0 Å². The van der Waals surface area contributed by atoms with Crippen LogP contribution in [0.15, 0.2) is 0 Å². The Bertz CT molecular complexity index is 327. The minimum Gasteiger partial charge on any atom is -0.356 e. The SMILES string of the molecule is CCC1(CNC(=O)CCC(C)N2CCN(C)CC2)CCC1. The highest BCUT2D eigenvalue weighted by atomic mass is 16.1. The Labute approximate surface area is 130 Å². The van der Waals surface area contributed by atoms with Gasteiger partial charge in [-0.25, -0.2) is 0 Å². The van der Waals surface area contributed by atoms with Gasteiger partial charge in [-0.1, -0.05) is 13.3 Å². The van der Waals surface area contributed by atoms with Crippen molar-refractivity contribution in [2.24, 2.45) is 5.41 Å². The number of likely N-dealkylation sites (N-methyl/N-ethyl adjacent to an activating group) is 1. The Morgan fingerprint density at radius 2 is 1.90 bits per heavy atom. The first-order chi connectivity index (χ1) is 10.0. The van der Waals surface area contributed by atoms with E-state index in [0.717, 1.165) is 39.1 Å². The van der Waals surface area contributed by atoms with E-state index in [1.54, 1.807) is 0 Å². The molecule has 21 heavy (non-hydrogen) atoms. The largest absolute Gasteiger partial charge is 0.356 e. The Kier molecular flexibility index (Phi) is 6.06. The second kappa shape index (κ2) is 7.59. The van der Waals surface area contributed by atoms with Crippen LogP contribution in [0.25, 0.3) is 0 Å². The summed E-state index contributed by atoms with van der Waals surface area (Å²) in [4.78, 5) is 16.9. The number of nitrogens with zero attached hydrogens (tertiary/aromatic N) is 2. The zero-order chi connectivity index (χ0) is 15.3. The summed E-state index contributed by atoms with van der Waals surface area (Å²) < 4.78 is 0. The van der Waals surface area contributed by atoms with Crippen molar-refractivity contribution in [3.8, 4) is 0 Å². The first-order valence-electron chi connectivity index (χ1n) is 8.74. The summed E-state index contributed by atoms with van der Waals surface area (Å²) in [6.45, 7) is 9.98. The maximum absolute atomic E-state index is 12.0. The molecule has 1 unspecified atom stereocenters. The summed E-state index contributed by atoms with van der Waals surface area (Å²) in [5.74, 6) is 0.246. The maximum Gasteiger partial charge on any atom is 0.220 e. The van der Waals surface area contributed by atoms with Gasteiger partial charge < -0.3 is 10.2 Å². The molecule has 1 N–H and O–H groups in total. The Morgan fingerprint density at radius 3 is 2.43 bits per heavy atom. The fraction of sp³-hybridized carbons (Fsp3) is 0.941. The average Bonchev–Trinajstić information content (AvgIpc) is 2.45. The standard InChI is InChI=1S/C17H33N3O/c1-4-17(8-5-9-17)14-18-16(21)7-6-15(2)20-12-10-19(3)11-13-20/h15H,4-14H2,1-3H3,(H,18,21). The molecule has 1 saturated carbocycles. The molecule has 1 atom stereocenters. The normalized spacial score (nSPS) is 24.3. The minimum atomic E-state index is 0.246. The van der Waals surface area contributed by atoms with Gasteiger partial charge in [0.05, 0.1) is 0 Å². The second-order valence-corrected chi connectivity index (χ2v) is 7.21. The topological polar surface area (TPSA) is 35.6 Å². The maximum atomic E-state index is 12.0. The highest BCUT2D eigenvalue weighted by Gasteiger charge is 2.35. The monoisotopic (exact) mass is 295 g/mol. The molecule has 1 saturated heterocycles. The van der Waals surface area contributed by atoms with Crippen molar-refractivity contribution in [2.75, 3.05) is 39.8 Å². The van der Waals surface area contributed by atoms with Crippen molar-refractivity contribution in [3.63, 3.8) is 0 Å². The molecule has 122 valence electrons. The second-order valence-electron chi connectivity index (χ2n) is 7.21. The van der Waals surface area contributed by atoms with E-state index in [1.807, 2.05) is 0 Å². The van der Waals surface area contributed by atoms with Crippen LogP contribution in [0.4, 0.5) is 0 Å². The molecule has 2 aliphatic rings. The lowest BCUT2D eigenvalue weighted by molar-refractivity contribution is -0.122. The molecule has 4 heteroatoms. The fourth-order valence-corrected chi connectivity index (χ4v) is 3.49. The lowest BCUT2D eigenvalue weighted by Crippen LogP contribution is -2.48. The first-order valence-corrected chi connectivity index (χ1v) is 8.74. The van der Waals surface area contributed by atoms with Gasteiger partial charge in [-0.05, 0) is 45.1 Å². The molecule has 0 aromatic rings. The van der Waals surface area contributed by atoms with Crippen LogP contribution in [0.5, 0.6) is 0 Å². The molecule has 0 bridgehead atoms. The predicted molar refractivity (Wildman–Crippen MR) is 87.4 cm³/mol. The molecule has 1 heterocycles. The van der Waals surface area contributed by atoms with E-state index in [2.05, 4.69) is 36.0 Å². The number of carbonyl (C=O) groups excluding carboxylic acids is 1. The smallest absolute Gasteiger partial charge is 0.220 e. The van der Waals surface area contributed by atoms with E-state index >= 15 is 0 Å². The summed E-state index contributed by atoms with van der Waals surface area (Å²) in [6, 6.07) is 0.522. The van der Waals surface area contributed by atoms with Crippen molar-refractivity contribution in [2.45, 2.75) is 58.4 Å². The van der Waals surface area contributed by atoms with Crippen molar-refractivity contribution in [1.29, 1.82) is 0 Å². The lowest BCUT2D eigenvalue weighted by Gasteiger charge is -2.41. The van der Waals surface area contributed by atoms with Crippen LogP contribution >= 0.6 is 0 Å². The molecule has 0 aromatic carbocycles. The number of rotatable bonds is 7. The first kappa shape index (κ1) is 16.8. The van der Waals surface area contributed by atoms with Crippen molar-refractivity contribution in [1.82, 2.24) is 15.1 Å². The highest BCUT2D eigenvalue weighted by Crippen LogP contribution is 2.43. The summed E-state index contributed by atoms with van der Waals surface area (Å²) in [7, 11) is 2.18. The summed E-state index contributed by atoms with van der Waals surface area (Å²) in [6.07, 6.45) is 6.78. The van der Waals surface area contributed by atoms with E-state index in [9.17, 15) is 4.79 Å². The third-order valence-corrected chi connectivity index (χ3v) is 5.78. The van der Waals surface area contributed by atoms with Crippen LogP contribution < -0.4 is 5.32 Å². The molecule has 0 radical (unpaired) electrons. The van der Waals surface area contributed by atoms with E-state index in [1.165, 1.54) is 25.7 Å². The van der Waals surface area contributed by atoms with E-state index in [0.29, 0.717) is 17.9 Å². The van der Waals surface area contributed by atoms with E-state index in [4.69, 9.17) is 0 Å². The summed E-state index contributed by atoms with van der Waals surface area (Å²) in [5, 5.41) is 3.18. The number of hydrogen-bond acceptors (Lipinski definition) is 3. The quantitative estimate of drug-likeness (QED) is 0.781. The number of hydrogen-bond donors (Lipinski definition) is 1. The molecule has 2 rings (SSSR count). The molecular formula is C17H33N3O. The average molecular weight is 295 g/mol. The minimum absolute atomic E-state index is 0.246. The summed E-state index contributed by atoms with van der Waals surface area (Å²) in [5.41, 5.74) is 0.429. The van der Waals surface area contributed by atoms with Crippen LogP contribution in [0.2, 0.25) is 0 Å². The predicted octanol–water partition coefficient (Wildman–Crippen LogP) is 2.10. The van der Waals surface area contributed by atoms with Crippen LogP contribution in [0.1, 0.15) is 52.4 Å². The number of amides is 1. The van der Waals surface area contributed by atoms with E-state index in [-0.39, 0.29) is 5.91 Å². The zero-order valence-electron chi connectivity index (χ0n) is 14.2. The number of nitrogens with one attached hydrogen (secondary N) is 1. The Balaban J connectivity index is 1.62. The third kappa shape index (κ3) is 4.68. The molecule has 1 amide bonds. The number of carbonyl (C=O) groups is 1. The van der Waals surface area contributed by atoms with Gasteiger partial charge in [-0.15, -0.1) is 0 Å². The van der Waals surface area contributed by atoms with Gasteiger partial charge in [0.2, 0.25) is 5.91 Å². The van der Waals surface area contributed by atoms with Crippen LogP contribution in [-0.2, 0) is 4.79 Å². The van der Waals surface area contributed by atoms with Gasteiger partial charge >= 0.3 is 0 Å². The van der Waals surface area contributed by atoms with Crippen molar-refractivity contribution >= 4 is 5.91 Å². The molecule has 2 fully saturated rings. The van der Waals surface area contributed by atoms with Crippen LogP contribution in [0, 0.1) is 5.41 Å².